The normalized spacial score (nSPS) is 18.0. The first-order valence-corrected chi connectivity index (χ1v) is 9.73. The summed E-state index contributed by atoms with van der Waals surface area (Å²) in [4.78, 5) is 6.76. The van der Waals surface area contributed by atoms with Gasteiger partial charge in [0, 0.05) is 26.2 Å². The van der Waals surface area contributed by atoms with Crippen molar-refractivity contribution in [1.29, 1.82) is 0 Å². The first-order chi connectivity index (χ1) is 13.0. The van der Waals surface area contributed by atoms with Gasteiger partial charge in [0.1, 0.15) is 12.4 Å². The molecule has 7 nitrogen and oxygen atoms in total. The average Bonchev–Trinajstić information content (AvgIpc) is 2.65. The van der Waals surface area contributed by atoms with E-state index in [-0.39, 0.29) is 0 Å². The third kappa shape index (κ3) is 8.15. The lowest BCUT2D eigenvalue weighted by atomic mass is 10.1. The van der Waals surface area contributed by atoms with Gasteiger partial charge < -0.3 is 25.2 Å². The Kier molecular flexibility index (Phi) is 8.84. The monoisotopic (exact) mass is 378 g/mol. The molecule has 0 saturated carbocycles. The summed E-state index contributed by atoms with van der Waals surface area (Å²) < 4.78 is 11.2. The topological polar surface area (TPSA) is 78.4 Å². The number of β-amino-alcohol motifs (C(OH)–C–C–N with tert-alkyl or cyclic N) is 1. The number of aliphatic imine (C=N–C) groups is 1. The van der Waals surface area contributed by atoms with E-state index < -0.39 is 5.60 Å². The minimum absolute atomic E-state index is 0.332. The third-order valence-corrected chi connectivity index (χ3v) is 4.34. The summed E-state index contributed by atoms with van der Waals surface area (Å²) in [5.41, 5.74) is 0.245. The molecule has 3 N–H and O–H groups in total. The van der Waals surface area contributed by atoms with E-state index in [0.717, 1.165) is 44.2 Å². The van der Waals surface area contributed by atoms with Gasteiger partial charge in [0.05, 0.1) is 31.9 Å². The molecule has 0 aliphatic carbocycles. The van der Waals surface area contributed by atoms with Crippen molar-refractivity contribution in [1.82, 2.24) is 15.5 Å². The van der Waals surface area contributed by atoms with E-state index in [9.17, 15) is 5.11 Å². The summed E-state index contributed by atoms with van der Waals surface area (Å²) >= 11 is 0. The van der Waals surface area contributed by atoms with E-state index in [1.54, 1.807) is 0 Å². The van der Waals surface area contributed by atoms with Crippen LogP contribution in [0.15, 0.2) is 29.3 Å². The van der Waals surface area contributed by atoms with Crippen LogP contribution in [0.2, 0.25) is 0 Å². The van der Waals surface area contributed by atoms with Gasteiger partial charge in [-0.05, 0) is 32.4 Å². The van der Waals surface area contributed by atoms with Gasteiger partial charge in [-0.2, -0.15) is 0 Å². The van der Waals surface area contributed by atoms with E-state index in [1.807, 2.05) is 45.0 Å². The smallest absolute Gasteiger partial charge is 0.191 e. The molecule has 0 aromatic heterocycles. The first kappa shape index (κ1) is 21.5. The molecular weight excluding hydrogens is 344 g/mol. The number of hydrogen-bond donors (Lipinski definition) is 3. The molecule has 1 aromatic rings. The fourth-order valence-electron chi connectivity index (χ4n) is 2.93. The van der Waals surface area contributed by atoms with Crippen molar-refractivity contribution in [2.75, 3.05) is 59.1 Å². The molecule has 27 heavy (non-hydrogen) atoms. The molecule has 1 aliphatic rings. The van der Waals surface area contributed by atoms with Gasteiger partial charge in [0.2, 0.25) is 0 Å². The number of rotatable bonds is 9. The zero-order valence-corrected chi connectivity index (χ0v) is 16.8. The Hall–Kier alpha value is -1.83. The average molecular weight is 379 g/mol. The maximum absolute atomic E-state index is 10.7. The highest BCUT2D eigenvalue weighted by Crippen LogP contribution is 2.15. The number of para-hydroxylation sites is 1. The molecule has 1 fully saturated rings. The molecule has 1 saturated heterocycles. The second kappa shape index (κ2) is 11.1. The lowest BCUT2D eigenvalue weighted by Crippen LogP contribution is -2.48. The van der Waals surface area contributed by atoms with Crippen LogP contribution in [0.25, 0.3) is 0 Å². The number of morpholine rings is 1. The summed E-state index contributed by atoms with van der Waals surface area (Å²) in [6.07, 6.45) is 0. The molecule has 152 valence electrons. The van der Waals surface area contributed by atoms with E-state index >= 15 is 0 Å². The number of nitrogens with one attached hydrogen (secondary N) is 2. The van der Waals surface area contributed by atoms with Crippen LogP contribution in [0.4, 0.5) is 0 Å². The van der Waals surface area contributed by atoms with Crippen molar-refractivity contribution >= 4 is 5.96 Å². The fourth-order valence-corrected chi connectivity index (χ4v) is 2.93. The predicted molar refractivity (Wildman–Crippen MR) is 109 cm³/mol. The van der Waals surface area contributed by atoms with Gasteiger partial charge in [-0.15, -0.1) is 0 Å². The highest BCUT2D eigenvalue weighted by molar-refractivity contribution is 5.79. The molecule has 2 rings (SSSR count). The van der Waals surface area contributed by atoms with Crippen molar-refractivity contribution in [3.05, 3.63) is 29.8 Å². The van der Waals surface area contributed by atoms with Crippen molar-refractivity contribution in [3.63, 3.8) is 0 Å². The molecule has 0 spiro atoms. The Balaban J connectivity index is 1.77. The quantitative estimate of drug-likeness (QED) is 0.338. The van der Waals surface area contributed by atoms with Gasteiger partial charge in [-0.1, -0.05) is 18.2 Å². The van der Waals surface area contributed by atoms with Crippen molar-refractivity contribution in [2.24, 2.45) is 4.99 Å². The number of ether oxygens (including phenoxy) is 2. The fraction of sp³-hybridized carbons (Fsp3) is 0.650. The summed E-state index contributed by atoms with van der Waals surface area (Å²) in [5.74, 6) is 1.59. The number of guanidine groups is 1. The highest BCUT2D eigenvalue weighted by atomic mass is 16.5. The van der Waals surface area contributed by atoms with Crippen LogP contribution in [0, 0.1) is 6.92 Å². The zero-order valence-electron chi connectivity index (χ0n) is 16.8. The molecule has 1 atom stereocenters. The Bertz CT molecular complexity index is 586. The molecular formula is C20H34N4O3. The van der Waals surface area contributed by atoms with Gasteiger partial charge in [0.15, 0.2) is 5.96 Å². The number of hydrogen-bond acceptors (Lipinski definition) is 5. The van der Waals surface area contributed by atoms with E-state index in [0.29, 0.717) is 32.2 Å². The Labute approximate surface area is 162 Å². The SMILES string of the molecule is CCNC(=NCC(C)(O)CN1CCOCC1)NCCOc1ccccc1C. The standard InChI is InChI=1S/C20H34N4O3/c1-4-21-19(22-9-12-27-18-8-6-5-7-17(18)2)23-15-20(3,25)16-24-10-13-26-14-11-24/h5-8,25H,4,9-16H2,1-3H3,(H2,21,22,23). The minimum atomic E-state index is -0.878. The second-order valence-corrected chi connectivity index (χ2v) is 7.12. The summed E-state index contributed by atoms with van der Waals surface area (Å²) in [7, 11) is 0. The van der Waals surface area contributed by atoms with Crippen LogP contribution < -0.4 is 15.4 Å². The van der Waals surface area contributed by atoms with Crippen molar-refractivity contribution < 1.29 is 14.6 Å². The lowest BCUT2D eigenvalue weighted by molar-refractivity contribution is -0.0179. The summed E-state index contributed by atoms with van der Waals surface area (Å²) in [6, 6.07) is 7.97. The van der Waals surface area contributed by atoms with E-state index in [4.69, 9.17) is 9.47 Å². The molecule has 0 amide bonds. The minimum Gasteiger partial charge on any atom is -0.491 e. The number of nitrogens with zero attached hydrogens (tertiary/aromatic N) is 2. The van der Waals surface area contributed by atoms with E-state index in [2.05, 4.69) is 20.5 Å². The molecule has 1 unspecified atom stereocenters. The van der Waals surface area contributed by atoms with Crippen LogP contribution in [0.3, 0.4) is 0 Å². The Morgan fingerprint density at radius 2 is 2.04 bits per heavy atom. The number of aliphatic hydroxyl groups is 1. The van der Waals surface area contributed by atoms with Gasteiger partial charge >= 0.3 is 0 Å². The van der Waals surface area contributed by atoms with Crippen LogP contribution in [0.1, 0.15) is 19.4 Å². The van der Waals surface area contributed by atoms with Crippen molar-refractivity contribution in [3.8, 4) is 5.75 Å². The van der Waals surface area contributed by atoms with Crippen LogP contribution >= 0.6 is 0 Å². The van der Waals surface area contributed by atoms with E-state index in [1.165, 1.54) is 0 Å². The van der Waals surface area contributed by atoms with Crippen LogP contribution in [-0.2, 0) is 4.74 Å². The predicted octanol–water partition coefficient (Wildman–Crippen LogP) is 1.01. The first-order valence-electron chi connectivity index (χ1n) is 9.73. The molecule has 7 heteroatoms. The lowest BCUT2D eigenvalue weighted by Gasteiger charge is -2.33. The molecule has 0 bridgehead atoms. The van der Waals surface area contributed by atoms with Crippen LogP contribution in [-0.4, -0.2) is 80.7 Å². The second-order valence-electron chi connectivity index (χ2n) is 7.12. The van der Waals surface area contributed by atoms with Crippen LogP contribution in [0.5, 0.6) is 5.75 Å². The zero-order chi connectivity index (χ0) is 19.5. The highest BCUT2D eigenvalue weighted by Gasteiger charge is 2.25. The number of benzene rings is 1. The summed E-state index contributed by atoms with van der Waals surface area (Å²) in [5, 5.41) is 17.1. The molecule has 1 aromatic carbocycles. The van der Waals surface area contributed by atoms with Gasteiger partial charge in [0.25, 0.3) is 0 Å². The maximum atomic E-state index is 10.7. The Morgan fingerprint density at radius 3 is 2.74 bits per heavy atom. The maximum Gasteiger partial charge on any atom is 0.191 e. The van der Waals surface area contributed by atoms with Crippen molar-refractivity contribution in [2.45, 2.75) is 26.4 Å². The molecule has 0 radical (unpaired) electrons. The largest absolute Gasteiger partial charge is 0.491 e. The third-order valence-electron chi connectivity index (χ3n) is 4.34. The Morgan fingerprint density at radius 1 is 1.30 bits per heavy atom. The van der Waals surface area contributed by atoms with Gasteiger partial charge in [-0.25, -0.2) is 0 Å². The number of aryl methyl sites for hydroxylation is 1. The summed E-state index contributed by atoms with van der Waals surface area (Å²) in [6.45, 7) is 11.9. The molecule has 1 aliphatic heterocycles. The molecule has 1 heterocycles. The van der Waals surface area contributed by atoms with Gasteiger partial charge in [-0.3, -0.25) is 9.89 Å².